The molecule has 1 aliphatic carbocycles. The van der Waals surface area contributed by atoms with Crippen LogP contribution in [-0.2, 0) is 12.8 Å². The molecule has 1 heterocycles. The second kappa shape index (κ2) is 4.38. The first kappa shape index (κ1) is 11.7. The fourth-order valence-corrected chi connectivity index (χ4v) is 2.56. The molecule has 3 rings (SSSR count). The van der Waals surface area contributed by atoms with E-state index in [9.17, 15) is 10.1 Å². The summed E-state index contributed by atoms with van der Waals surface area (Å²) in [4.78, 5) is 10.2. The maximum Gasteiger partial charge on any atom is 0.269 e. The van der Waals surface area contributed by atoms with Crippen LogP contribution in [0.1, 0.15) is 24.1 Å². The number of hydrogen-bond acceptors (Lipinski definition) is 4. The van der Waals surface area contributed by atoms with Gasteiger partial charge in [-0.3, -0.25) is 10.1 Å². The van der Waals surface area contributed by atoms with Crippen LogP contribution in [-0.4, -0.2) is 14.7 Å². The Morgan fingerprint density at radius 1 is 1.21 bits per heavy atom. The van der Waals surface area contributed by atoms with E-state index in [1.54, 1.807) is 12.1 Å². The standard InChI is InChI=1S/C13H14N4O2/c14-13-11-3-1-2-4-12(11)16(15-13)9-5-7-10(8-6-9)17(18)19/h5-8H,1-4H2,(H2,14,15). The van der Waals surface area contributed by atoms with Crippen LogP contribution in [0, 0.1) is 10.1 Å². The van der Waals surface area contributed by atoms with Crippen LogP contribution in [0.3, 0.4) is 0 Å². The molecule has 6 heteroatoms. The average molecular weight is 258 g/mol. The molecule has 0 bridgehead atoms. The van der Waals surface area contributed by atoms with Crippen molar-refractivity contribution < 1.29 is 4.92 Å². The number of nitro benzene ring substituents is 1. The predicted molar refractivity (Wildman–Crippen MR) is 71.3 cm³/mol. The Hall–Kier alpha value is -2.37. The van der Waals surface area contributed by atoms with Crippen LogP contribution in [0.25, 0.3) is 5.69 Å². The van der Waals surface area contributed by atoms with Crippen molar-refractivity contribution in [3.05, 3.63) is 45.6 Å². The van der Waals surface area contributed by atoms with E-state index in [1.165, 1.54) is 12.1 Å². The van der Waals surface area contributed by atoms with E-state index in [1.807, 2.05) is 4.68 Å². The third-order valence-electron chi connectivity index (χ3n) is 3.52. The highest BCUT2D eigenvalue weighted by molar-refractivity contribution is 5.49. The summed E-state index contributed by atoms with van der Waals surface area (Å²) < 4.78 is 1.81. The zero-order valence-corrected chi connectivity index (χ0v) is 10.4. The summed E-state index contributed by atoms with van der Waals surface area (Å²) >= 11 is 0. The first-order valence-corrected chi connectivity index (χ1v) is 6.28. The molecule has 2 aromatic rings. The van der Waals surface area contributed by atoms with E-state index >= 15 is 0 Å². The predicted octanol–water partition coefficient (Wildman–Crippen LogP) is 2.24. The third kappa shape index (κ3) is 1.95. The largest absolute Gasteiger partial charge is 0.382 e. The Morgan fingerprint density at radius 2 is 1.89 bits per heavy atom. The van der Waals surface area contributed by atoms with E-state index in [0.717, 1.165) is 42.6 Å². The number of benzene rings is 1. The normalized spacial score (nSPS) is 14.1. The molecule has 0 radical (unpaired) electrons. The van der Waals surface area contributed by atoms with Gasteiger partial charge in [0.15, 0.2) is 0 Å². The highest BCUT2D eigenvalue weighted by atomic mass is 16.6. The van der Waals surface area contributed by atoms with Crippen LogP contribution < -0.4 is 5.73 Å². The third-order valence-corrected chi connectivity index (χ3v) is 3.52. The SMILES string of the molecule is Nc1nn(-c2ccc([N+](=O)[O-])cc2)c2c1CCCC2. The molecule has 98 valence electrons. The maximum atomic E-state index is 10.6. The molecule has 1 aliphatic rings. The van der Waals surface area contributed by atoms with Gasteiger partial charge in [0.25, 0.3) is 5.69 Å². The quantitative estimate of drug-likeness (QED) is 0.661. The molecule has 0 aliphatic heterocycles. The minimum atomic E-state index is -0.406. The molecule has 0 fully saturated rings. The molecule has 0 atom stereocenters. The van der Waals surface area contributed by atoms with Crippen molar-refractivity contribution in [1.29, 1.82) is 0 Å². The molecule has 0 amide bonds. The van der Waals surface area contributed by atoms with Gasteiger partial charge in [0, 0.05) is 23.4 Å². The Morgan fingerprint density at radius 3 is 2.58 bits per heavy atom. The molecule has 0 saturated carbocycles. The van der Waals surface area contributed by atoms with E-state index < -0.39 is 4.92 Å². The van der Waals surface area contributed by atoms with Gasteiger partial charge in [-0.15, -0.1) is 0 Å². The van der Waals surface area contributed by atoms with Crippen LogP contribution in [0.4, 0.5) is 11.5 Å². The Balaban J connectivity index is 2.04. The lowest BCUT2D eigenvalue weighted by Gasteiger charge is -2.13. The lowest BCUT2D eigenvalue weighted by atomic mass is 9.97. The number of hydrogen-bond donors (Lipinski definition) is 1. The highest BCUT2D eigenvalue weighted by Crippen LogP contribution is 2.28. The number of nitro groups is 1. The molecule has 2 N–H and O–H groups in total. The lowest BCUT2D eigenvalue weighted by Crippen LogP contribution is -2.07. The van der Waals surface area contributed by atoms with Gasteiger partial charge in [0.05, 0.1) is 10.6 Å². The van der Waals surface area contributed by atoms with Crippen molar-refractivity contribution >= 4 is 11.5 Å². The number of aromatic nitrogens is 2. The summed E-state index contributed by atoms with van der Waals surface area (Å²) in [6, 6.07) is 6.39. The fourth-order valence-electron chi connectivity index (χ4n) is 2.56. The van der Waals surface area contributed by atoms with Gasteiger partial charge in [-0.2, -0.15) is 5.10 Å². The van der Waals surface area contributed by atoms with Crippen LogP contribution in [0.5, 0.6) is 0 Å². The van der Waals surface area contributed by atoms with Gasteiger partial charge in [0.1, 0.15) is 5.82 Å². The summed E-state index contributed by atoms with van der Waals surface area (Å²) in [5, 5.41) is 15.0. The van der Waals surface area contributed by atoms with E-state index in [0.29, 0.717) is 5.82 Å². The van der Waals surface area contributed by atoms with Crippen LogP contribution in [0.15, 0.2) is 24.3 Å². The average Bonchev–Trinajstić information content (AvgIpc) is 2.77. The van der Waals surface area contributed by atoms with E-state index in [4.69, 9.17) is 5.73 Å². The van der Waals surface area contributed by atoms with Gasteiger partial charge < -0.3 is 5.73 Å². The number of anilines is 1. The Kier molecular flexibility index (Phi) is 2.70. The highest BCUT2D eigenvalue weighted by Gasteiger charge is 2.20. The minimum Gasteiger partial charge on any atom is -0.382 e. The lowest BCUT2D eigenvalue weighted by molar-refractivity contribution is -0.384. The minimum absolute atomic E-state index is 0.0812. The number of nitrogens with zero attached hydrogens (tertiary/aromatic N) is 3. The Bertz CT molecular complexity index is 631. The number of rotatable bonds is 2. The van der Waals surface area contributed by atoms with Crippen LogP contribution >= 0.6 is 0 Å². The molecule has 19 heavy (non-hydrogen) atoms. The number of non-ortho nitro benzene ring substituents is 1. The van der Waals surface area contributed by atoms with Crippen LogP contribution in [0.2, 0.25) is 0 Å². The molecule has 0 saturated heterocycles. The smallest absolute Gasteiger partial charge is 0.269 e. The van der Waals surface area contributed by atoms with Crippen molar-refractivity contribution in [2.24, 2.45) is 0 Å². The summed E-state index contributed by atoms with van der Waals surface area (Å²) in [5.41, 5.74) is 9.10. The first-order chi connectivity index (χ1) is 9.16. The van der Waals surface area contributed by atoms with Gasteiger partial charge in [-0.05, 0) is 37.8 Å². The molecular formula is C13H14N4O2. The zero-order chi connectivity index (χ0) is 13.4. The van der Waals surface area contributed by atoms with Crippen molar-refractivity contribution in [3.8, 4) is 5.69 Å². The first-order valence-electron chi connectivity index (χ1n) is 6.28. The number of nitrogen functional groups attached to an aromatic ring is 1. The van der Waals surface area contributed by atoms with Crippen molar-refractivity contribution in [2.45, 2.75) is 25.7 Å². The molecule has 0 unspecified atom stereocenters. The summed E-state index contributed by atoms with van der Waals surface area (Å²) in [7, 11) is 0. The number of fused-ring (bicyclic) bond motifs is 1. The molecule has 6 nitrogen and oxygen atoms in total. The van der Waals surface area contributed by atoms with Gasteiger partial charge >= 0.3 is 0 Å². The van der Waals surface area contributed by atoms with Crippen molar-refractivity contribution in [3.63, 3.8) is 0 Å². The van der Waals surface area contributed by atoms with Crippen molar-refractivity contribution in [1.82, 2.24) is 9.78 Å². The summed E-state index contributed by atoms with van der Waals surface area (Å²) in [6.45, 7) is 0. The van der Waals surface area contributed by atoms with Gasteiger partial charge in [-0.25, -0.2) is 4.68 Å². The summed E-state index contributed by atoms with van der Waals surface area (Å²) in [6.07, 6.45) is 4.19. The molecule has 1 aromatic heterocycles. The second-order valence-corrected chi connectivity index (χ2v) is 4.70. The summed E-state index contributed by atoms with van der Waals surface area (Å²) in [5.74, 6) is 0.577. The van der Waals surface area contributed by atoms with Crippen molar-refractivity contribution in [2.75, 3.05) is 5.73 Å². The molecule has 0 spiro atoms. The zero-order valence-electron chi connectivity index (χ0n) is 10.4. The molecule has 1 aromatic carbocycles. The second-order valence-electron chi connectivity index (χ2n) is 4.70. The topological polar surface area (TPSA) is 87.0 Å². The fraction of sp³-hybridized carbons (Fsp3) is 0.308. The molecular weight excluding hydrogens is 244 g/mol. The van der Waals surface area contributed by atoms with Gasteiger partial charge in [0.2, 0.25) is 0 Å². The number of nitrogens with two attached hydrogens (primary N) is 1. The maximum absolute atomic E-state index is 10.6. The monoisotopic (exact) mass is 258 g/mol. The Labute approximate surface area is 110 Å². The van der Waals surface area contributed by atoms with E-state index in [-0.39, 0.29) is 5.69 Å². The van der Waals surface area contributed by atoms with E-state index in [2.05, 4.69) is 5.10 Å². The van der Waals surface area contributed by atoms with Gasteiger partial charge in [-0.1, -0.05) is 0 Å².